The number of alkyl halides is 2. The first kappa shape index (κ1) is 10.7. The molecule has 1 fully saturated rings. The monoisotopic (exact) mass is 231 g/mol. The lowest BCUT2D eigenvalue weighted by Crippen LogP contribution is -2.33. The van der Waals surface area contributed by atoms with Crippen molar-refractivity contribution in [3.63, 3.8) is 0 Å². The quantitative estimate of drug-likeness (QED) is 0.536. The van der Waals surface area contributed by atoms with Gasteiger partial charge in [-0.05, 0) is 19.3 Å². The molecule has 6 heteroatoms. The van der Waals surface area contributed by atoms with Crippen molar-refractivity contribution in [3.05, 3.63) is 0 Å². The van der Waals surface area contributed by atoms with Crippen LogP contribution in [0.4, 0.5) is 0 Å². The number of hydrogen-bond donors (Lipinski definition) is 0. The van der Waals surface area contributed by atoms with Crippen LogP contribution in [0.25, 0.3) is 0 Å². The number of hydrogen-bond acceptors (Lipinski definition) is 3. The van der Waals surface area contributed by atoms with Gasteiger partial charge in [-0.2, -0.15) is 0 Å². The summed E-state index contributed by atoms with van der Waals surface area (Å²) in [5, 5.41) is -0.244. The minimum atomic E-state index is -2.47. The van der Waals surface area contributed by atoms with Crippen molar-refractivity contribution in [1.82, 2.24) is 0 Å². The maximum Gasteiger partial charge on any atom is 0.0901 e. The van der Waals surface area contributed by atoms with Crippen LogP contribution >= 0.6 is 23.2 Å². The van der Waals surface area contributed by atoms with Gasteiger partial charge in [-0.1, -0.05) is 0 Å². The average Bonchev–Trinajstić information content (AvgIpc) is 1.94. The largest absolute Gasteiger partial charge is 0.750 e. The van der Waals surface area contributed by atoms with Gasteiger partial charge in [-0.25, -0.2) is 4.21 Å². The Bertz CT molecular complexity index is 178. The topological polar surface area (TPSA) is 49.4 Å². The summed E-state index contributed by atoms with van der Waals surface area (Å²) in [4.78, 5) is 0. The van der Waals surface area contributed by atoms with E-state index in [9.17, 15) is 8.76 Å². The minimum Gasteiger partial charge on any atom is -0.750 e. The molecule has 0 saturated heterocycles. The van der Waals surface area contributed by atoms with Crippen LogP contribution < -0.4 is 0 Å². The van der Waals surface area contributed by atoms with Gasteiger partial charge in [0.25, 0.3) is 0 Å². The highest BCUT2D eigenvalue weighted by Crippen LogP contribution is 2.29. The molecule has 12 heavy (non-hydrogen) atoms. The maximum absolute atomic E-state index is 10.2. The third kappa shape index (κ3) is 3.18. The first-order chi connectivity index (χ1) is 5.59. The molecule has 1 aliphatic rings. The third-order valence-electron chi connectivity index (χ3n) is 1.85. The molecule has 0 spiro atoms. The summed E-state index contributed by atoms with van der Waals surface area (Å²) in [7, 11) is 0. The van der Waals surface area contributed by atoms with Crippen LogP contribution in [0.15, 0.2) is 0 Å². The van der Waals surface area contributed by atoms with E-state index in [2.05, 4.69) is 4.18 Å². The fraction of sp³-hybridized carbons (Fsp3) is 1.00. The van der Waals surface area contributed by atoms with Crippen LogP contribution in [-0.4, -0.2) is 25.6 Å². The summed E-state index contributed by atoms with van der Waals surface area (Å²) in [5.74, 6) is 0. The molecular weight excluding hydrogens is 223 g/mol. The molecule has 1 rings (SSSR count). The second-order valence-electron chi connectivity index (χ2n) is 2.77. The molecule has 3 nitrogen and oxygen atoms in total. The van der Waals surface area contributed by atoms with E-state index in [0.29, 0.717) is 12.8 Å². The molecule has 4 atom stereocenters. The van der Waals surface area contributed by atoms with Crippen LogP contribution in [0, 0.1) is 0 Å². The number of halogens is 2. The van der Waals surface area contributed by atoms with Crippen molar-refractivity contribution < 1.29 is 12.9 Å². The van der Waals surface area contributed by atoms with Crippen LogP contribution in [-0.2, 0) is 15.5 Å². The molecule has 0 heterocycles. The van der Waals surface area contributed by atoms with Gasteiger partial charge >= 0.3 is 0 Å². The van der Waals surface area contributed by atoms with E-state index < -0.39 is 17.5 Å². The van der Waals surface area contributed by atoms with E-state index in [1.807, 2.05) is 0 Å². The smallest absolute Gasteiger partial charge is 0.0901 e. The minimum absolute atomic E-state index is 0.0486. The molecule has 0 N–H and O–H groups in total. The summed E-state index contributed by atoms with van der Waals surface area (Å²) in [5.41, 5.74) is 0. The second-order valence-corrected chi connectivity index (χ2v) is 4.54. The second kappa shape index (κ2) is 4.77. The van der Waals surface area contributed by atoms with Gasteiger partial charge in [0.15, 0.2) is 0 Å². The zero-order valence-corrected chi connectivity index (χ0v) is 8.57. The number of rotatable bonds is 2. The molecule has 1 saturated carbocycles. The molecular formula is C6H9Cl2O3S-. The van der Waals surface area contributed by atoms with Crippen molar-refractivity contribution in [2.75, 3.05) is 0 Å². The fourth-order valence-electron chi connectivity index (χ4n) is 1.25. The van der Waals surface area contributed by atoms with Gasteiger partial charge in [0.1, 0.15) is 0 Å². The maximum atomic E-state index is 10.2. The fourth-order valence-corrected chi connectivity index (χ4v) is 2.54. The Kier molecular flexibility index (Phi) is 4.26. The summed E-state index contributed by atoms with van der Waals surface area (Å²) in [6.45, 7) is 0. The Labute approximate surface area is 83.9 Å². The van der Waals surface area contributed by atoms with Crippen LogP contribution in [0.1, 0.15) is 19.3 Å². The predicted molar refractivity (Wildman–Crippen MR) is 46.9 cm³/mol. The summed E-state index contributed by atoms with van der Waals surface area (Å²) in [6, 6.07) is 0. The van der Waals surface area contributed by atoms with Crippen LogP contribution in [0.3, 0.4) is 0 Å². The highest BCUT2D eigenvalue weighted by molar-refractivity contribution is 7.74. The van der Waals surface area contributed by atoms with Gasteiger partial charge in [-0.3, -0.25) is 4.18 Å². The standard InChI is InChI=1S/C6H10Cl2O3S/c7-4-1-2-6(5(8)3-4)11-12(9)10/h4-6H,1-3H2,(H,9,10)/p-1. The molecule has 0 aliphatic heterocycles. The highest BCUT2D eigenvalue weighted by Gasteiger charge is 2.29. The molecule has 72 valence electrons. The molecule has 0 aromatic carbocycles. The summed E-state index contributed by atoms with van der Waals surface area (Å²) < 4.78 is 24.9. The first-order valence-corrected chi connectivity index (χ1v) is 5.51. The van der Waals surface area contributed by atoms with Crippen LogP contribution in [0.5, 0.6) is 0 Å². The van der Waals surface area contributed by atoms with E-state index in [1.165, 1.54) is 0 Å². The van der Waals surface area contributed by atoms with Gasteiger partial charge < -0.3 is 4.55 Å². The lowest BCUT2D eigenvalue weighted by atomic mass is 9.97. The predicted octanol–water partition coefficient (Wildman–Crippen LogP) is 1.56. The third-order valence-corrected chi connectivity index (χ3v) is 3.11. The Hall–Kier alpha value is 0.650. The zero-order valence-electron chi connectivity index (χ0n) is 6.24. The normalized spacial score (nSPS) is 39.4. The van der Waals surface area contributed by atoms with Gasteiger partial charge in [0.05, 0.1) is 22.8 Å². The van der Waals surface area contributed by atoms with Crippen molar-refractivity contribution in [2.24, 2.45) is 0 Å². The van der Waals surface area contributed by atoms with Crippen LogP contribution in [0.2, 0.25) is 0 Å². The van der Waals surface area contributed by atoms with Crippen molar-refractivity contribution in [1.29, 1.82) is 0 Å². The zero-order chi connectivity index (χ0) is 9.14. The van der Waals surface area contributed by atoms with E-state index in [4.69, 9.17) is 23.2 Å². The van der Waals surface area contributed by atoms with Crippen molar-refractivity contribution >= 4 is 34.6 Å². The van der Waals surface area contributed by atoms with Gasteiger partial charge in [0.2, 0.25) is 0 Å². The lowest BCUT2D eigenvalue weighted by molar-refractivity contribution is 0.161. The molecule has 0 aromatic rings. The van der Waals surface area contributed by atoms with Gasteiger partial charge in [-0.15, -0.1) is 23.2 Å². The lowest BCUT2D eigenvalue weighted by Gasteiger charge is -2.29. The van der Waals surface area contributed by atoms with Gasteiger partial charge in [0, 0.05) is 5.38 Å². The molecule has 0 aromatic heterocycles. The molecule has 0 amide bonds. The van der Waals surface area contributed by atoms with E-state index in [1.54, 1.807) is 0 Å². The van der Waals surface area contributed by atoms with E-state index >= 15 is 0 Å². The van der Waals surface area contributed by atoms with Crippen molar-refractivity contribution in [2.45, 2.75) is 36.1 Å². The Morgan fingerprint density at radius 1 is 1.42 bits per heavy atom. The summed E-state index contributed by atoms with van der Waals surface area (Å²) in [6.07, 6.45) is 1.56. The van der Waals surface area contributed by atoms with E-state index in [0.717, 1.165) is 6.42 Å². The molecule has 4 unspecified atom stereocenters. The Morgan fingerprint density at radius 3 is 2.58 bits per heavy atom. The van der Waals surface area contributed by atoms with E-state index in [-0.39, 0.29) is 10.8 Å². The van der Waals surface area contributed by atoms with Crippen molar-refractivity contribution in [3.8, 4) is 0 Å². The summed E-state index contributed by atoms with van der Waals surface area (Å²) >= 11 is 9.19. The molecule has 1 aliphatic carbocycles. The molecule has 0 radical (unpaired) electrons. The SMILES string of the molecule is O=S([O-])OC1CCC(Cl)CC1Cl. The average molecular weight is 232 g/mol. The highest BCUT2D eigenvalue weighted by atomic mass is 35.5. The molecule has 0 bridgehead atoms. The first-order valence-electron chi connectivity index (χ1n) is 3.64. The Morgan fingerprint density at radius 2 is 2.08 bits per heavy atom. The Balaban J connectivity index is 2.39.